The number of hydrogen-bond acceptors (Lipinski definition) is 2. The highest BCUT2D eigenvalue weighted by molar-refractivity contribution is 6.31. The minimum absolute atomic E-state index is 0.204. The Morgan fingerprint density at radius 3 is 2.52 bits per heavy atom. The van der Waals surface area contributed by atoms with Gasteiger partial charge in [-0.25, -0.2) is 4.39 Å². The molecule has 118 valence electrons. The lowest BCUT2D eigenvalue weighted by molar-refractivity contribution is -0.0382. The quantitative estimate of drug-likeness (QED) is 0.911. The van der Waals surface area contributed by atoms with Crippen molar-refractivity contribution in [3.63, 3.8) is 0 Å². The number of rotatable bonds is 4. The Morgan fingerprint density at radius 2 is 2.00 bits per heavy atom. The van der Waals surface area contributed by atoms with Crippen molar-refractivity contribution in [2.24, 2.45) is 5.92 Å². The molecule has 1 atom stereocenters. The first kappa shape index (κ1) is 16.7. The van der Waals surface area contributed by atoms with Crippen molar-refractivity contribution in [2.75, 3.05) is 14.1 Å². The number of likely N-dealkylation sites (N-methyl/N-ethyl adjacent to an activating group) is 1. The molecule has 0 heterocycles. The maximum absolute atomic E-state index is 13.1. The smallest absolute Gasteiger partial charge is 0.124 e. The van der Waals surface area contributed by atoms with Crippen LogP contribution < -0.4 is 0 Å². The van der Waals surface area contributed by atoms with Gasteiger partial charge in [0.05, 0.1) is 6.10 Å². The Bertz CT molecular complexity index is 484. The highest BCUT2D eigenvalue weighted by Crippen LogP contribution is 2.39. The maximum Gasteiger partial charge on any atom is 0.124 e. The molecule has 0 radical (unpaired) electrons. The minimum Gasteiger partial charge on any atom is -0.391 e. The Labute approximate surface area is 131 Å². The molecular weight excluding hydrogens is 289 g/mol. The third-order valence-corrected chi connectivity index (χ3v) is 5.43. The van der Waals surface area contributed by atoms with E-state index in [0.29, 0.717) is 11.4 Å². The Hall–Kier alpha value is -0.640. The molecule has 1 N–H and O–H groups in total. The summed E-state index contributed by atoms with van der Waals surface area (Å²) in [6.45, 7) is 2.27. The zero-order chi connectivity index (χ0) is 15.6. The van der Waals surface area contributed by atoms with Crippen molar-refractivity contribution in [1.82, 2.24) is 4.90 Å². The van der Waals surface area contributed by atoms with Gasteiger partial charge in [0.1, 0.15) is 5.82 Å². The second kappa shape index (κ2) is 6.64. The van der Waals surface area contributed by atoms with Gasteiger partial charge < -0.3 is 10.0 Å². The van der Waals surface area contributed by atoms with Crippen molar-refractivity contribution < 1.29 is 9.50 Å². The molecule has 2 nitrogen and oxygen atoms in total. The van der Waals surface area contributed by atoms with E-state index in [9.17, 15) is 9.50 Å². The molecule has 0 saturated heterocycles. The number of aliphatic hydroxyl groups is 1. The summed E-state index contributed by atoms with van der Waals surface area (Å²) in [4.78, 5) is 2.15. The molecule has 0 amide bonds. The molecule has 0 aliphatic heterocycles. The zero-order valence-corrected chi connectivity index (χ0v) is 13.8. The molecular formula is C17H25ClFNO. The highest BCUT2D eigenvalue weighted by Gasteiger charge is 2.42. The van der Waals surface area contributed by atoms with Crippen LogP contribution in [0.15, 0.2) is 18.2 Å². The van der Waals surface area contributed by atoms with E-state index in [1.807, 2.05) is 14.1 Å². The normalized spacial score (nSPS) is 27.9. The third-order valence-electron chi connectivity index (χ3n) is 5.08. The van der Waals surface area contributed by atoms with Crippen LogP contribution in [-0.4, -0.2) is 35.7 Å². The number of benzene rings is 1. The summed E-state index contributed by atoms with van der Waals surface area (Å²) in [7, 11) is 4.07. The number of halogens is 2. The predicted octanol–water partition coefficient (Wildman–Crippen LogP) is 3.89. The molecule has 0 bridgehead atoms. The fourth-order valence-corrected chi connectivity index (χ4v) is 3.67. The summed E-state index contributed by atoms with van der Waals surface area (Å²) >= 11 is 6.10. The van der Waals surface area contributed by atoms with Gasteiger partial charge in [-0.3, -0.25) is 0 Å². The van der Waals surface area contributed by atoms with Crippen LogP contribution in [0.4, 0.5) is 4.39 Å². The number of aliphatic hydroxyl groups excluding tert-OH is 1. The molecule has 0 aromatic heterocycles. The van der Waals surface area contributed by atoms with Crippen LogP contribution in [0.1, 0.15) is 38.2 Å². The topological polar surface area (TPSA) is 23.5 Å². The van der Waals surface area contributed by atoms with Crippen molar-refractivity contribution in [1.29, 1.82) is 0 Å². The van der Waals surface area contributed by atoms with Crippen molar-refractivity contribution in [3.8, 4) is 0 Å². The standard InChI is InChI=1S/C17H25ClFNO/c1-12-6-8-17(9-7-12,20(2)3)16(21)10-13-4-5-14(19)11-15(13)18/h4-5,11-12,16,21H,6-10H2,1-3H3. The van der Waals surface area contributed by atoms with Crippen LogP contribution in [0.25, 0.3) is 0 Å². The first-order valence-electron chi connectivity index (χ1n) is 7.64. The van der Waals surface area contributed by atoms with E-state index in [0.717, 1.165) is 37.2 Å². The van der Waals surface area contributed by atoms with E-state index in [-0.39, 0.29) is 11.4 Å². The largest absolute Gasteiger partial charge is 0.391 e. The second-order valence-corrected chi connectivity index (χ2v) is 7.04. The summed E-state index contributed by atoms with van der Waals surface area (Å²) in [5, 5.41) is 11.2. The van der Waals surface area contributed by atoms with E-state index >= 15 is 0 Å². The van der Waals surface area contributed by atoms with Crippen molar-refractivity contribution in [2.45, 2.75) is 50.7 Å². The van der Waals surface area contributed by atoms with Crippen LogP contribution >= 0.6 is 11.6 Å². The molecule has 1 aromatic rings. The molecule has 2 rings (SSSR count). The number of nitrogens with zero attached hydrogens (tertiary/aromatic N) is 1. The van der Waals surface area contributed by atoms with E-state index in [4.69, 9.17) is 11.6 Å². The molecule has 21 heavy (non-hydrogen) atoms. The lowest BCUT2D eigenvalue weighted by atomic mass is 9.72. The lowest BCUT2D eigenvalue weighted by Gasteiger charge is -2.48. The summed E-state index contributed by atoms with van der Waals surface area (Å²) in [5.41, 5.74) is 0.606. The van der Waals surface area contributed by atoms with Gasteiger partial charge in [-0.15, -0.1) is 0 Å². The highest BCUT2D eigenvalue weighted by atomic mass is 35.5. The first-order chi connectivity index (χ1) is 9.85. The van der Waals surface area contributed by atoms with E-state index in [2.05, 4.69) is 11.8 Å². The Balaban J connectivity index is 2.17. The van der Waals surface area contributed by atoms with E-state index in [1.54, 1.807) is 6.07 Å². The van der Waals surface area contributed by atoms with Gasteiger partial charge in [0.15, 0.2) is 0 Å². The Morgan fingerprint density at radius 1 is 1.38 bits per heavy atom. The SMILES string of the molecule is CC1CCC(C(O)Cc2ccc(F)cc2Cl)(N(C)C)CC1. The van der Waals surface area contributed by atoms with Crippen LogP contribution in [0, 0.1) is 11.7 Å². The number of hydrogen-bond donors (Lipinski definition) is 1. The summed E-state index contributed by atoms with van der Waals surface area (Å²) in [6, 6.07) is 4.39. The molecule has 0 spiro atoms. The second-order valence-electron chi connectivity index (χ2n) is 6.64. The molecule has 1 aliphatic carbocycles. The molecule has 1 aromatic carbocycles. The fourth-order valence-electron chi connectivity index (χ4n) is 3.43. The van der Waals surface area contributed by atoms with Crippen LogP contribution in [0.2, 0.25) is 5.02 Å². The summed E-state index contributed by atoms with van der Waals surface area (Å²) < 4.78 is 13.1. The molecule has 1 unspecified atom stereocenters. The van der Waals surface area contributed by atoms with Gasteiger partial charge in [-0.2, -0.15) is 0 Å². The maximum atomic E-state index is 13.1. The average Bonchev–Trinajstić information content (AvgIpc) is 2.42. The van der Waals surface area contributed by atoms with Crippen molar-refractivity contribution >= 4 is 11.6 Å². The summed E-state index contributed by atoms with van der Waals surface area (Å²) in [5.74, 6) is 0.381. The van der Waals surface area contributed by atoms with Gasteiger partial charge in [-0.1, -0.05) is 24.6 Å². The Kier molecular flexibility index (Phi) is 5.29. The zero-order valence-electron chi connectivity index (χ0n) is 13.1. The summed E-state index contributed by atoms with van der Waals surface area (Å²) in [6.07, 6.45) is 4.20. The average molecular weight is 314 g/mol. The molecule has 1 aliphatic rings. The van der Waals surface area contributed by atoms with Crippen molar-refractivity contribution in [3.05, 3.63) is 34.6 Å². The van der Waals surface area contributed by atoms with Gasteiger partial charge in [0, 0.05) is 17.0 Å². The lowest BCUT2D eigenvalue weighted by Crippen LogP contribution is -2.56. The van der Waals surface area contributed by atoms with Gasteiger partial charge in [0.25, 0.3) is 0 Å². The third kappa shape index (κ3) is 3.58. The molecule has 1 saturated carbocycles. The van der Waals surface area contributed by atoms with E-state index < -0.39 is 6.10 Å². The van der Waals surface area contributed by atoms with Gasteiger partial charge in [0.2, 0.25) is 0 Å². The fraction of sp³-hybridized carbons (Fsp3) is 0.647. The molecule has 1 fully saturated rings. The van der Waals surface area contributed by atoms with E-state index in [1.165, 1.54) is 12.1 Å². The first-order valence-corrected chi connectivity index (χ1v) is 8.02. The van der Waals surface area contributed by atoms with Gasteiger partial charge in [-0.05, 0) is 63.4 Å². The van der Waals surface area contributed by atoms with Gasteiger partial charge >= 0.3 is 0 Å². The van der Waals surface area contributed by atoms with Crippen LogP contribution in [-0.2, 0) is 6.42 Å². The predicted molar refractivity (Wildman–Crippen MR) is 85.2 cm³/mol. The van der Waals surface area contributed by atoms with Crippen LogP contribution in [0.3, 0.4) is 0 Å². The monoisotopic (exact) mass is 313 g/mol. The van der Waals surface area contributed by atoms with Crippen LogP contribution in [0.5, 0.6) is 0 Å². The molecule has 4 heteroatoms. The minimum atomic E-state index is -0.497.